The fourth-order valence-corrected chi connectivity index (χ4v) is 2.77. The molecular formula is C13H15ClN4. The average Bonchev–Trinajstić information content (AvgIpc) is 2.41. The van der Waals surface area contributed by atoms with Crippen LogP contribution < -0.4 is 4.90 Å². The maximum atomic E-state index is 6.07. The third-order valence-corrected chi connectivity index (χ3v) is 3.87. The predicted octanol–water partition coefficient (Wildman–Crippen LogP) is 3.06. The van der Waals surface area contributed by atoms with Crippen LogP contribution in [0, 0.1) is 0 Å². The fraction of sp³-hybridized carbons (Fsp3) is 0.462. The SMILES string of the molecule is CC1CCCCN1c1nnc(Cl)c2cnccc12. The Labute approximate surface area is 111 Å². The molecule has 18 heavy (non-hydrogen) atoms. The number of halogens is 1. The van der Waals surface area contributed by atoms with Crippen molar-refractivity contribution in [2.45, 2.75) is 32.2 Å². The van der Waals surface area contributed by atoms with E-state index in [4.69, 9.17) is 11.6 Å². The molecule has 0 N–H and O–H groups in total. The number of hydrogen-bond donors (Lipinski definition) is 0. The van der Waals surface area contributed by atoms with Crippen LogP contribution in [-0.4, -0.2) is 27.8 Å². The molecule has 0 aromatic carbocycles. The van der Waals surface area contributed by atoms with Gasteiger partial charge in [-0.25, -0.2) is 0 Å². The second-order valence-corrected chi connectivity index (χ2v) is 5.13. The molecule has 5 heteroatoms. The van der Waals surface area contributed by atoms with Crippen molar-refractivity contribution in [1.29, 1.82) is 0 Å². The highest BCUT2D eigenvalue weighted by molar-refractivity contribution is 6.34. The van der Waals surface area contributed by atoms with Gasteiger partial charge in [-0.3, -0.25) is 4.98 Å². The summed E-state index contributed by atoms with van der Waals surface area (Å²) in [6.07, 6.45) is 7.24. The summed E-state index contributed by atoms with van der Waals surface area (Å²) in [6.45, 7) is 3.28. The summed E-state index contributed by atoms with van der Waals surface area (Å²) in [5, 5.41) is 10.7. The lowest BCUT2D eigenvalue weighted by molar-refractivity contribution is 0.481. The van der Waals surface area contributed by atoms with Crippen molar-refractivity contribution in [3.63, 3.8) is 0 Å². The quantitative estimate of drug-likeness (QED) is 0.792. The van der Waals surface area contributed by atoms with Crippen LogP contribution in [0.3, 0.4) is 0 Å². The molecule has 0 spiro atoms. The minimum Gasteiger partial charge on any atom is -0.352 e. The molecule has 0 aliphatic carbocycles. The summed E-state index contributed by atoms with van der Waals surface area (Å²) in [6, 6.07) is 2.47. The smallest absolute Gasteiger partial charge is 0.161 e. The maximum absolute atomic E-state index is 6.07. The van der Waals surface area contributed by atoms with E-state index in [-0.39, 0.29) is 0 Å². The van der Waals surface area contributed by atoms with Crippen LogP contribution in [0.2, 0.25) is 5.15 Å². The van der Waals surface area contributed by atoms with Crippen LogP contribution in [-0.2, 0) is 0 Å². The summed E-state index contributed by atoms with van der Waals surface area (Å²) in [5.41, 5.74) is 0. The Hall–Kier alpha value is -1.42. The molecule has 94 valence electrons. The second kappa shape index (κ2) is 4.69. The maximum Gasteiger partial charge on any atom is 0.161 e. The third-order valence-electron chi connectivity index (χ3n) is 3.59. The van der Waals surface area contributed by atoms with E-state index in [0.29, 0.717) is 11.2 Å². The highest BCUT2D eigenvalue weighted by atomic mass is 35.5. The average molecular weight is 263 g/mol. The molecule has 3 rings (SSSR count). The van der Waals surface area contributed by atoms with E-state index in [1.165, 1.54) is 19.3 Å². The summed E-state index contributed by atoms with van der Waals surface area (Å²) < 4.78 is 0. The number of aromatic nitrogens is 3. The lowest BCUT2D eigenvalue weighted by Gasteiger charge is -2.34. The van der Waals surface area contributed by atoms with E-state index in [1.54, 1.807) is 12.4 Å². The minimum atomic E-state index is 0.423. The van der Waals surface area contributed by atoms with Crippen LogP contribution in [0.4, 0.5) is 5.82 Å². The molecule has 0 saturated carbocycles. The molecule has 1 saturated heterocycles. The van der Waals surface area contributed by atoms with Gasteiger partial charge in [-0.15, -0.1) is 10.2 Å². The van der Waals surface area contributed by atoms with Gasteiger partial charge in [0.15, 0.2) is 11.0 Å². The summed E-state index contributed by atoms with van der Waals surface area (Å²) in [4.78, 5) is 6.44. The molecule has 0 bridgehead atoms. The molecule has 3 heterocycles. The van der Waals surface area contributed by atoms with E-state index in [0.717, 1.165) is 23.1 Å². The van der Waals surface area contributed by atoms with Gasteiger partial charge >= 0.3 is 0 Å². The van der Waals surface area contributed by atoms with Crippen molar-refractivity contribution in [3.8, 4) is 0 Å². The second-order valence-electron chi connectivity index (χ2n) is 4.77. The van der Waals surface area contributed by atoms with Crippen LogP contribution in [0.1, 0.15) is 26.2 Å². The van der Waals surface area contributed by atoms with Crippen molar-refractivity contribution in [1.82, 2.24) is 15.2 Å². The Balaban J connectivity index is 2.14. The highest BCUT2D eigenvalue weighted by Gasteiger charge is 2.22. The lowest BCUT2D eigenvalue weighted by atomic mass is 10.0. The van der Waals surface area contributed by atoms with Crippen LogP contribution >= 0.6 is 11.6 Å². The summed E-state index contributed by atoms with van der Waals surface area (Å²) in [7, 11) is 0. The zero-order chi connectivity index (χ0) is 12.5. The molecule has 0 radical (unpaired) electrons. The Morgan fingerprint density at radius 1 is 1.28 bits per heavy atom. The number of anilines is 1. The van der Waals surface area contributed by atoms with Crippen LogP contribution in [0.25, 0.3) is 10.8 Å². The van der Waals surface area contributed by atoms with Crippen molar-refractivity contribution >= 4 is 28.2 Å². The van der Waals surface area contributed by atoms with E-state index in [9.17, 15) is 0 Å². The van der Waals surface area contributed by atoms with Crippen molar-refractivity contribution < 1.29 is 0 Å². The Kier molecular flexibility index (Phi) is 3.04. The monoisotopic (exact) mass is 262 g/mol. The lowest BCUT2D eigenvalue weighted by Crippen LogP contribution is -2.38. The first kappa shape index (κ1) is 11.7. The highest BCUT2D eigenvalue weighted by Crippen LogP contribution is 2.31. The van der Waals surface area contributed by atoms with Gasteiger partial charge < -0.3 is 4.90 Å². The predicted molar refractivity (Wildman–Crippen MR) is 73.0 cm³/mol. The number of nitrogens with zero attached hydrogens (tertiary/aromatic N) is 4. The molecule has 1 unspecified atom stereocenters. The number of hydrogen-bond acceptors (Lipinski definition) is 4. The Morgan fingerprint density at radius 3 is 3.00 bits per heavy atom. The third kappa shape index (κ3) is 1.90. The van der Waals surface area contributed by atoms with Gasteiger partial charge in [0, 0.05) is 35.8 Å². The van der Waals surface area contributed by atoms with Gasteiger partial charge in [0.2, 0.25) is 0 Å². The van der Waals surface area contributed by atoms with Gasteiger partial charge in [0.25, 0.3) is 0 Å². The number of piperidine rings is 1. The molecule has 4 nitrogen and oxygen atoms in total. The largest absolute Gasteiger partial charge is 0.352 e. The van der Waals surface area contributed by atoms with Crippen molar-refractivity contribution in [2.24, 2.45) is 0 Å². The summed E-state index contributed by atoms with van der Waals surface area (Å²) in [5.74, 6) is 0.934. The first-order chi connectivity index (χ1) is 8.77. The van der Waals surface area contributed by atoms with E-state index in [2.05, 4.69) is 27.0 Å². The first-order valence-electron chi connectivity index (χ1n) is 6.30. The van der Waals surface area contributed by atoms with Crippen molar-refractivity contribution in [3.05, 3.63) is 23.6 Å². The van der Waals surface area contributed by atoms with Gasteiger partial charge in [-0.05, 0) is 32.3 Å². The van der Waals surface area contributed by atoms with E-state index in [1.807, 2.05) is 6.07 Å². The molecule has 2 aromatic heterocycles. The zero-order valence-electron chi connectivity index (χ0n) is 10.3. The Morgan fingerprint density at radius 2 is 2.17 bits per heavy atom. The van der Waals surface area contributed by atoms with E-state index >= 15 is 0 Å². The molecule has 1 aliphatic rings. The summed E-state index contributed by atoms with van der Waals surface area (Å²) >= 11 is 6.07. The molecule has 0 amide bonds. The molecule has 2 aromatic rings. The molecule has 1 fully saturated rings. The standard InChI is InChI=1S/C13H15ClN4/c1-9-4-2-3-7-18(9)13-10-5-6-15-8-11(10)12(14)16-17-13/h5-6,8-9H,2-4,7H2,1H3. The van der Waals surface area contributed by atoms with Gasteiger partial charge in [0.05, 0.1) is 0 Å². The molecule has 1 atom stereocenters. The fourth-order valence-electron chi connectivity index (χ4n) is 2.58. The number of rotatable bonds is 1. The normalized spacial score (nSPS) is 20.3. The molecule has 1 aliphatic heterocycles. The van der Waals surface area contributed by atoms with Gasteiger partial charge in [-0.2, -0.15) is 0 Å². The van der Waals surface area contributed by atoms with Crippen LogP contribution in [0.5, 0.6) is 0 Å². The van der Waals surface area contributed by atoms with Gasteiger partial charge in [0.1, 0.15) is 0 Å². The minimum absolute atomic E-state index is 0.423. The Bertz CT molecular complexity index is 572. The number of pyridine rings is 1. The zero-order valence-corrected chi connectivity index (χ0v) is 11.1. The van der Waals surface area contributed by atoms with Crippen LogP contribution in [0.15, 0.2) is 18.5 Å². The van der Waals surface area contributed by atoms with Crippen molar-refractivity contribution in [2.75, 3.05) is 11.4 Å². The molecular weight excluding hydrogens is 248 g/mol. The first-order valence-corrected chi connectivity index (χ1v) is 6.67. The number of fused-ring (bicyclic) bond motifs is 1. The van der Waals surface area contributed by atoms with E-state index < -0.39 is 0 Å². The van der Waals surface area contributed by atoms with Gasteiger partial charge in [-0.1, -0.05) is 11.6 Å². The topological polar surface area (TPSA) is 41.9 Å².